The monoisotopic (exact) mass is 216 g/mol. The number of methoxy groups -OCH3 is 1. The summed E-state index contributed by atoms with van der Waals surface area (Å²) in [5, 5.41) is 0. The Morgan fingerprint density at radius 3 is 2.62 bits per heavy atom. The van der Waals surface area contributed by atoms with E-state index < -0.39 is 0 Å². The molecule has 0 aliphatic heterocycles. The van der Waals surface area contributed by atoms with E-state index in [4.69, 9.17) is 4.74 Å². The predicted molar refractivity (Wildman–Crippen MR) is 64.7 cm³/mol. The molecule has 0 bridgehead atoms. The molecule has 2 rings (SSSR count). The van der Waals surface area contributed by atoms with Crippen LogP contribution < -0.4 is 5.43 Å². The molecular formula is C13H16N2O. The minimum absolute atomic E-state index is 0.664. The van der Waals surface area contributed by atoms with E-state index in [0.717, 1.165) is 6.54 Å². The summed E-state index contributed by atoms with van der Waals surface area (Å²) < 4.78 is 7.06. The summed E-state index contributed by atoms with van der Waals surface area (Å²) in [5.74, 6) is 0. The molecule has 3 heteroatoms. The number of hydrogen-bond donors (Lipinski definition) is 1. The lowest BCUT2D eigenvalue weighted by molar-refractivity contribution is 0.185. The van der Waals surface area contributed by atoms with E-state index in [1.807, 2.05) is 29.2 Å². The van der Waals surface area contributed by atoms with Gasteiger partial charge in [-0.15, -0.1) is 0 Å². The molecule has 84 valence electrons. The molecule has 0 saturated carbocycles. The number of rotatable bonds is 5. The van der Waals surface area contributed by atoms with E-state index in [2.05, 4.69) is 29.7 Å². The van der Waals surface area contributed by atoms with E-state index in [0.29, 0.717) is 6.61 Å². The molecule has 1 aromatic heterocycles. The van der Waals surface area contributed by atoms with E-state index in [9.17, 15) is 0 Å². The van der Waals surface area contributed by atoms with Gasteiger partial charge in [0.25, 0.3) is 0 Å². The van der Waals surface area contributed by atoms with Gasteiger partial charge in [0.2, 0.25) is 0 Å². The Labute approximate surface area is 95.6 Å². The summed E-state index contributed by atoms with van der Waals surface area (Å²) in [4.78, 5) is 0. The smallest absolute Gasteiger partial charge is 0.0713 e. The average molecular weight is 216 g/mol. The predicted octanol–water partition coefficient (Wildman–Crippen LogP) is 2.38. The number of ether oxygens (including phenoxy) is 1. The lowest BCUT2D eigenvalue weighted by atomic mass is 10.1. The van der Waals surface area contributed by atoms with Gasteiger partial charge in [-0.25, -0.2) is 0 Å². The normalized spacial score (nSPS) is 10.3. The van der Waals surface area contributed by atoms with E-state index in [1.165, 1.54) is 11.1 Å². The fraction of sp³-hybridized carbons (Fsp3) is 0.231. The van der Waals surface area contributed by atoms with Gasteiger partial charge >= 0.3 is 0 Å². The van der Waals surface area contributed by atoms with Crippen LogP contribution in [-0.4, -0.2) is 11.8 Å². The zero-order chi connectivity index (χ0) is 11.2. The lowest BCUT2D eigenvalue weighted by Gasteiger charge is -2.08. The summed E-state index contributed by atoms with van der Waals surface area (Å²) in [6.45, 7) is 1.48. The maximum atomic E-state index is 5.11. The van der Waals surface area contributed by atoms with Crippen molar-refractivity contribution in [2.45, 2.75) is 13.2 Å². The van der Waals surface area contributed by atoms with Crippen molar-refractivity contribution < 1.29 is 4.74 Å². The molecule has 0 radical (unpaired) electrons. The molecule has 1 aromatic carbocycles. The maximum absolute atomic E-state index is 5.11. The molecule has 0 spiro atoms. The molecule has 1 heterocycles. The molecule has 2 aromatic rings. The number of nitrogens with one attached hydrogen (secondary N) is 1. The largest absolute Gasteiger partial charge is 0.380 e. The summed E-state index contributed by atoms with van der Waals surface area (Å²) in [5.41, 5.74) is 5.74. The van der Waals surface area contributed by atoms with Gasteiger partial charge in [0.05, 0.1) is 13.2 Å². The number of benzene rings is 1. The highest BCUT2D eigenvalue weighted by Crippen LogP contribution is 2.06. The van der Waals surface area contributed by atoms with Gasteiger partial charge in [-0.3, -0.25) is 4.68 Å². The zero-order valence-corrected chi connectivity index (χ0v) is 9.39. The molecule has 0 aliphatic rings. The lowest BCUT2D eigenvalue weighted by Crippen LogP contribution is -2.11. The molecule has 0 aliphatic carbocycles. The number of aromatic nitrogens is 1. The summed E-state index contributed by atoms with van der Waals surface area (Å²) in [6.07, 6.45) is 3.97. The molecule has 1 N–H and O–H groups in total. The molecule has 0 unspecified atom stereocenters. The average Bonchev–Trinajstić information content (AvgIpc) is 2.80. The van der Waals surface area contributed by atoms with Crippen LogP contribution in [0, 0.1) is 0 Å². The fourth-order valence-corrected chi connectivity index (χ4v) is 1.62. The van der Waals surface area contributed by atoms with Crippen LogP contribution in [0.2, 0.25) is 0 Å². The topological polar surface area (TPSA) is 26.2 Å². The molecule has 0 atom stereocenters. The maximum Gasteiger partial charge on any atom is 0.0713 e. The van der Waals surface area contributed by atoms with Crippen molar-refractivity contribution in [3.05, 3.63) is 59.9 Å². The van der Waals surface area contributed by atoms with Crippen molar-refractivity contribution in [3.8, 4) is 0 Å². The summed E-state index contributed by atoms with van der Waals surface area (Å²) in [6, 6.07) is 12.4. The van der Waals surface area contributed by atoms with Gasteiger partial charge in [0.15, 0.2) is 0 Å². The summed E-state index contributed by atoms with van der Waals surface area (Å²) >= 11 is 0. The Bertz CT molecular complexity index is 423. The fourth-order valence-electron chi connectivity index (χ4n) is 1.62. The quantitative estimate of drug-likeness (QED) is 0.830. The van der Waals surface area contributed by atoms with Crippen LogP contribution in [0.4, 0.5) is 0 Å². The standard InChI is InChI=1S/C13H16N2O/c1-16-11-13-6-4-5-12(9-13)10-14-15-7-2-3-8-15/h2-9,14H,10-11H2,1H3. The molecule has 16 heavy (non-hydrogen) atoms. The first-order valence-electron chi connectivity index (χ1n) is 5.32. The van der Waals surface area contributed by atoms with Crippen LogP contribution in [0.5, 0.6) is 0 Å². The molecule has 0 saturated heterocycles. The minimum Gasteiger partial charge on any atom is -0.380 e. The van der Waals surface area contributed by atoms with Gasteiger partial charge in [-0.2, -0.15) is 0 Å². The van der Waals surface area contributed by atoms with Crippen LogP contribution in [-0.2, 0) is 17.9 Å². The first-order valence-corrected chi connectivity index (χ1v) is 5.32. The zero-order valence-electron chi connectivity index (χ0n) is 9.39. The van der Waals surface area contributed by atoms with E-state index in [1.54, 1.807) is 7.11 Å². The second kappa shape index (κ2) is 5.37. The minimum atomic E-state index is 0.664. The third kappa shape index (κ3) is 2.87. The molecular weight excluding hydrogens is 200 g/mol. The van der Waals surface area contributed by atoms with Gasteiger partial charge in [0.1, 0.15) is 0 Å². The Morgan fingerprint density at radius 2 is 1.88 bits per heavy atom. The van der Waals surface area contributed by atoms with Crippen molar-refractivity contribution in [1.29, 1.82) is 0 Å². The van der Waals surface area contributed by atoms with Crippen molar-refractivity contribution in [1.82, 2.24) is 4.68 Å². The Kier molecular flexibility index (Phi) is 3.62. The molecule has 3 nitrogen and oxygen atoms in total. The van der Waals surface area contributed by atoms with Crippen molar-refractivity contribution >= 4 is 0 Å². The van der Waals surface area contributed by atoms with Crippen molar-refractivity contribution in [3.63, 3.8) is 0 Å². The van der Waals surface area contributed by atoms with E-state index >= 15 is 0 Å². The molecule has 0 fully saturated rings. The first kappa shape index (κ1) is 10.8. The van der Waals surface area contributed by atoms with Gasteiger partial charge in [-0.05, 0) is 23.3 Å². The van der Waals surface area contributed by atoms with Crippen LogP contribution in [0.3, 0.4) is 0 Å². The van der Waals surface area contributed by atoms with Gasteiger partial charge in [-0.1, -0.05) is 24.3 Å². The number of nitrogens with zero attached hydrogens (tertiary/aromatic N) is 1. The third-order valence-corrected chi connectivity index (χ3v) is 2.37. The van der Waals surface area contributed by atoms with Gasteiger partial charge in [0, 0.05) is 19.5 Å². The van der Waals surface area contributed by atoms with Crippen molar-refractivity contribution in [2.75, 3.05) is 12.5 Å². The van der Waals surface area contributed by atoms with E-state index in [-0.39, 0.29) is 0 Å². The number of hydrogen-bond acceptors (Lipinski definition) is 2. The van der Waals surface area contributed by atoms with Crippen LogP contribution in [0.1, 0.15) is 11.1 Å². The SMILES string of the molecule is COCc1cccc(CNn2cccc2)c1. The highest BCUT2D eigenvalue weighted by atomic mass is 16.5. The first-order chi connectivity index (χ1) is 7.88. The van der Waals surface area contributed by atoms with Crippen molar-refractivity contribution in [2.24, 2.45) is 0 Å². The Balaban J connectivity index is 1.96. The van der Waals surface area contributed by atoms with Crippen LogP contribution in [0.15, 0.2) is 48.8 Å². The second-order valence-corrected chi connectivity index (χ2v) is 3.68. The highest BCUT2D eigenvalue weighted by molar-refractivity contribution is 5.23. The Hall–Kier alpha value is -1.74. The second-order valence-electron chi connectivity index (χ2n) is 3.68. The van der Waals surface area contributed by atoms with Crippen LogP contribution in [0.25, 0.3) is 0 Å². The summed E-state index contributed by atoms with van der Waals surface area (Å²) in [7, 11) is 1.71. The van der Waals surface area contributed by atoms with Crippen LogP contribution >= 0.6 is 0 Å². The van der Waals surface area contributed by atoms with Gasteiger partial charge < -0.3 is 10.2 Å². The molecule has 0 amide bonds. The Morgan fingerprint density at radius 1 is 1.12 bits per heavy atom. The third-order valence-electron chi connectivity index (χ3n) is 2.37. The highest BCUT2D eigenvalue weighted by Gasteiger charge is 1.95.